The van der Waals surface area contributed by atoms with Crippen LogP contribution in [0.25, 0.3) is 0 Å². The molecule has 1 aromatic heterocycles. The Labute approximate surface area is 164 Å². The number of benzene rings is 1. The molecular formula is C18H16F3N3O4S. The van der Waals surface area contributed by atoms with E-state index >= 15 is 0 Å². The summed E-state index contributed by atoms with van der Waals surface area (Å²) >= 11 is 0. The number of rotatable bonds is 4. The molecule has 1 aromatic carbocycles. The number of alkyl halides is 3. The fourth-order valence-electron chi connectivity index (χ4n) is 2.92. The Balaban J connectivity index is 1.89. The summed E-state index contributed by atoms with van der Waals surface area (Å²) in [5, 5.41) is 0. The SMILES string of the molecule is Cc1cnccc1CN1C(=O)N(c2ccc(S(=O)(=O)C(F)(F)F)cc2)C(=O)[C@H]1C. The Bertz CT molecular complexity index is 1070. The maximum absolute atomic E-state index is 12.8. The Morgan fingerprint density at radius 1 is 1.10 bits per heavy atom. The van der Waals surface area contributed by atoms with Crippen molar-refractivity contribution in [2.45, 2.75) is 36.8 Å². The number of imide groups is 1. The van der Waals surface area contributed by atoms with Crippen molar-refractivity contribution in [1.82, 2.24) is 9.88 Å². The van der Waals surface area contributed by atoms with Gasteiger partial charge in [0.05, 0.1) is 10.6 Å². The third-order valence-corrected chi connectivity index (χ3v) is 6.17. The van der Waals surface area contributed by atoms with E-state index < -0.39 is 38.2 Å². The Kier molecular flexibility index (Phi) is 5.11. The number of hydrogen-bond acceptors (Lipinski definition) is 5. The first kappa shape index (κ1) is 20.8. The summed E-state index contributed by atoms with van der Waals surface area (Å²) in [6, 6.07) is 3.72. The van der Waals surface area contributed by atoms with Gasteiger partial charge in [-0.25, -0.2) is 18.1 Å². The molecule has 1 aliphatic heterocycles. The van der Waals surface area contributed by atoms with E-state index in [1.807, 2.05) is 6.92 Å². The smallest absolute Gasteiger partial charge is 0.308 e. The molecule has 154 valence electrons. The van der Waals surface area contributed by atoms with Gasteiger partial charge in [-0.1, -0.05) is 0 Å². The molecule has 3 amide bonds. The van der Waals surface area contributed by atoms with Crippen molar-refractivity contribution in [2.75, 3.05) is 4.90 Å². The molecule has 0 spiro atoms. The number of carbonyl (C=O) groups excluding carboxylic acids is 2. The van der Waals surface area contributed by atoms with Gasteiger partial charge in [-0.2, -0.15) is 13.2 Å². The van der Waals surface area contributed by atoms with Gasteiger partial charge in [-0.3, -0.25) is 9.78 Å². The number of hydrogen-bond donors (Lipinski definition) is 0. The summed E-state index contributed by atoms with van der Waals surface area (Å²) in [4.78, 5) is 30.5. The van der Waals surface area contributed by atoms with Crippen LogP contribution in [0.15, 0.2) is 47.6 Å². The van der Waals surface area contributed by atoms with Crippen LogP contribution in [0.4, 0.5) is 23.7 Å². The number of amides is 3. The van der Waals surface area contributed by atoms with E-state index in [4.69, 9.17) is 0 Å². The normalized spacial score (nSPS) is 17.9. The lowest BCUT2D eigenvalue weighted by molar-refractivity contribution is -0.119. The number of anilines is 1. The molecule has 11 heteroatoms. The van der Waals surface area contributed by atoms with Crippen LogP contribution in [0, 0.1) is 6.92 Å². The zero-order valence-electron chi connectivity index (χ0n) is 15.3. The van der Waals surface area contributed by atoms with Crippen molar-refractivity contribution in [3.05, 3.63) is 53.9 Å². The Morgan fingerprint density at radius 3 is 2.28 bits per heavy atom. The second kappa shape index (κ2) is 7.14. The minimum atomic E-state index is -5.52. The molecule has 0 N–H and O–H groups in total. The van der Waals surface area contributed by atoms with E-state index in [1.165, 1.54) is 4.90 Å². The molecule has 0 radical (unpaired) electrons. The van der Waals surface area contributed by atoms with Crippen LogP contribution < -0.4 is 4.90 Å². The molecule has 3 rings (SSSR count). The molecule has 0 unspecified atom stereocenters. The highest BCUT2D eigenvalue weighted by Gasteiger charge is 2.47. The van der Waals surface area contributed by atoms with Gasteiger partial charge in [0.1, 0.15) is 6.04 Å². The summed E-state index contributed by atoms with van der Waals surface area (Å²) in [6.07, 6.45) is 3.19. The van der Waals surface area contributed by atoms with Crippen molar-refractivity contribution in [3.63, 3.8) is 0 Å². The predicted molar refractivity (Wildman–Crippen MR) is 96.5 cm³/mol. The molecule has 29 heavy (non-hydrogen) atoms. The monoisotopic (exact) mass is 427 g/mol. The third-order valence-electron chi connectivity index (χ3n) is 4.67. The molecule has 1 atom stereocenters. The lowest BCUT2D eigenvalue weighted by Crippen LogP contribution is -2.33. The highest BCUT2D eigenvalue weighted by Crippen LogP contribution is 2.32. The molecule has 1 fully saturated rings. The fourth-order valence-corrected chi connectivity index (χ4v) is 3.68. The first-order valence-electron chi connectivity index (χ1n) is 8.40. The largest absolute Gasteiger partial charge is 0.501 e. The summed E-state index contributed by atoms with van der Waals surface area (Å²) in [5.41, 5.74) is -3.83. The van der Waals surface area contributed by atoms with Gasteiger partial charge in [0.2, 0.25) is 0 Å². The lowest BCUT2D eigenvalue weighted by Gasteiger charge is -2.20. The zero-order chi connectivity index (χ0) is 21.6. The maximum Gasteiger partial charge on any atom is 0.501 e. The molecule has 0 bridgehead atoms. The van der Waals surface area contributed by atoms with Gasteiger partial charge in [0.25, 0.3) is 15.7 Å². The number of halogens is 3. The minimum absolute atomic E-state index is 0.0121. The highest BCUT2D eigenvalue weighted by molar-refractivity contribution is 7.92. The standard InChI is InChI=1S/C18H16F3N3O4S/c1-11-9-22-8-7-13(11)10-23-12(2)16(25)24(17(23)26)14-3-5-15(6-4-14)29(27,28)18(19,20)21/h3-9,12H,10H2,1-2H3/t12-/m1/s1. The quantitative estimate of drug-likeness (QED) is 0.700. The van der Waals surface area contributed by atoms with Gasteiger partial charge < -0.3 is 4.90 Å². The van der Waals surface area contributed by atoms with Crippen molar-refractivity contribution < 1.29 is 31.2 Å². The number of aromatic nitrogens is 1. The highest BCUT2D eigenvalue weighted by atomic mass is 32.2. The van der Waals surface area contributed by atoms with Crippen LogP contribution in [-0.2, 0) is 21.2 Å². The predicted octanol–water partition coefficient (Wildman–Crippen LogP) is 3.04. The maximum atomic E-state index is 12.8. The molecule has 1 aliphatic rings. The first-order valence-corrected chi connectivity index (χ1v) is 9.89. The minimum Gasteiger partial charge on any atom is -0.308 e. The van der Waals surface area contributed by atoms with E-state index in [-0.39, 0.29) is 12.2 Å². The topological polar surface area (TPSA) is 87.7 Å². The lowest BCUT2D eigenvalue weighted by atomic mass is 10.1. The molecule has 2 aromatic rings. The van der Waals surface area contributed by atoms with Crippen molar-refractivity contribution in [2.24, 2.45) is 0 Å². The molecule has 7 nitrogen and oxygen atoms in total. The number of aryl methyl sites for hydroxylation is 1. The second-order valence-corrected chi connectivity index (χ2v) is 8.45. The Hall–Kier alpha value is -2.95. The average molecular weight is 427 g/mol. The second-order valence-electron chi connectivity index (χ2n) is 6.51. The Morgan fingerprint density at radius 2 is 1.72 bits per heavy atom. The van der Waals surface area contributed by atoms with Crippen molar-refractivity contribution in [1.29, 1.82) is 0 Å². The van der Waals surface area contributed by atoms with Crippen LogP contribution in [0.3, 0.4) is 0 Å². The summed E-state index contributed by atoms with van der Waals surface area (Å²) < 4.78 is 60.9. The molecule has 2 heterocycles. The molecule has 0 saturated carbocycles. The van der Waals surface area contributed by atoms with Gasteiger partial charge >= 0.3 is 11.5 Å². The van der Waals surface area contributed by atoms with Crippen LogP contribution in [0.1, 0.15) is 18.1 Å². The van der Waals surface area contributed by atoms with Gasteiger partial charge in [-0.05, 0) is 55.3 Å². The average Bonchev–Trinajstić information content (AvgIpc) is 2.86. The first-order chi connectivity index (χ1) is 13.4. The number of urea groups is 1. The van der Waals surface area contributed by atoms with Crippen LogP contribution in [-0.4, -0.2) is 41.8 Å². The fraction of sp³-hybridized carbons (Fsp3) is 0.278. The number of carbonyl (C=O) groups is 2. The van der Waals surface area contributed by atoms with Gasteiger partial charge in [0, 0.05) is 18.9 Å². The number of nitrogens with zero attached hydrogens (tertiary/aromatic N) is 3. The molecular weight excluding hydrogens is 411 g/mol. The van der Waals surface area contributed by atoms with E-state index in [2.05, 4.69) is 4.98 Å². The summed E-state index contributed by atoms with van der Waals surface area (Å²) in [6.45, 7) is 3.50. The van der Waals surface area contributed by atoms with Gasteiger partial charge in [-0.15, -0.1) is 0 Å². The van der Waals surface area contributed by atoms with Crippen LogP contribution in [0.2, 0.25) is 0 Å². The summed E-state index contributed by atoms with van der Waals surface area (Å²) in [7, 11) is -5.52. The van der Waals surface area contributed by atoms with Crippen molar-refractivity contribution >= 4 is 27.5 Å². The molecule has 0 aliphatic carbocycles. The number of pyridine rings is 1. The van der Waals surface area contributed by atoms with Crippen molar-refractivity contribution in [3.8, 4) is 0 Å². The van der Waals surface area contributed by atoms with Gasteiger partial charge in [0.15, 0.2) is 0 Å². The van der Waals surface area contributed by atoms with E-state index in [0.29, 0.717) is 0 Å². The summed E-state index contributed by atoms with van der Waals surface area (Å²) in [5.74, 6) is -0.562. The van der Waals surface area contributed by atoms with E-state index in [1.54, 1.807) is 25.4 Å². The zero-order valence-corrected chi connectivity index (χ0v) is 16.2. The third kappa shape index (κ3) is 3.57. The van der Waals surface area contributed by atoms with E-state index in [9.17, 15) is 31.2 Å². The van der Waals surface area contributed by atoms with Crippen LogP contribution in [0.5, 0.6) is 0 Å². The van der Waals surface area contributed by atoms with E-state index in [0.717, 1.165) is 40.3 Å². The number of sulfone groups is 1. The van der Waals surface area contributed by atoms with Crippen LogP contribution >= 0.6 is 0 Å². The molecule has 1 saturated heterocycles.